The van der Waals surface area contributed by atoms with Gasteiger partial charge in [-0.15, -0.1) is 5.10 Å². The highest BCUT2D eigenvalue weighted by atomic mass is 19.4. The third-order valence-corrected chi connectivity index (χ3v) is 2.15. The molecule has 0 aromatic carbocycles. The van der Waals surface area contributed by atoms with E-state index in [0.29, 0.717) is 0 Å². The third kappa shape index (κ3) is 1.72. The number of nitrogens with zero attached hydrogens (tertiary/aromatic N) is 2. The lowest BCUT2D eigenvalue weighted by Gasteiger charge is -2.04. The van der Waals surface area contributed by atoms with Gasteiger partial charge in [-0.3, -0.25) is 5.10 Å². The number of halogens is 3. The molecule has 7 heteroatoms. The molecule has 1 fully saturated rings. The second kappa shape index (κ2) is 3.23. The summed E-state index contributed by atoms with van der Waals surface area (Å²) in [5.41, 5.74) is 0. The fourth-order valence-electron chi connectivity index (χ4n) is 1.47. The summed E-state index contributed by atoms with van der Waals surface area (Å²) in [6, 6.07) is -0.112. The van der Waals surface area contributed by atoms with Crippen LogP contribution in [0.1, 0.15) is 30.5 Å². The van der Waals surface area contributed by atoms with Gasteiger partial charge in [0.2, 0.25) is 0 Å². The predicted molar refractivity (Wildman–Crippen MR) is 41.4 cm³/mol. The molecule has 4 nitrogen and oxygen atoms in total. The quantitative estimate of drug-likeness (QED) is 0.727. The lowest BCUT2D eigenvalue weighted by molar-refractivity contribution is -0.144. The first-order valence-corrected chi connectivity index (χ1v) is 4.30. The fraction of sp³-hybridized carbons (Fsp3) is 0.714. The summed E-state index contributed by atoms with van der Waals surface area (Å²) in [5.74, 6) is -0.823. The van der Waals surface area contributed by atoms with Crippen molar-refractivity contribution >= 4 is 0 Å². The van der Waals surface area contributed by atoms with Crippen molar-refractivity contribution in [2.24, 2.45) is 0 Å². The number of hydrogen-bond donors (Lipinski definition) is 2. The highest BCUT2D eigenvalue weighted by Crippen LogP contribution is 2.27. The number of aromatic nitrogens is 3. The molecular weight excluding hydrogens is 197 g/mol. The molecule has 0 radical (unpaired) electrons. The first-order chi connectivity index (χ1) is 6.57. The van der Waals surface area contributed by atoms with Crippen LogP contribution in [0.25, 0.3) is 0 Å². The molecule has 1 aromatic heterocycles. The Morgan fingerprint density at radius 1 is 1.36 bits per heavy atom. The minimum Gasteiger partial charge on any atom is -0.307 e. The van der Waals surface area contributed by atoms with E-state index in [-0.39, 0.29) is 11.9 Å². The maximum atomic E-state index is 12.1. The molecule has 0 saturated carbocycles. The van der Waals surface area contributed by atoms with E-state index in [1.807, 2.05) is 0 Å². The Morgan fingerprint density at radius 2 is 2.14 bits per heavy atom. The van der Waals surface area contributed by atoms with Crippen LogP contribution in [0.3, 0.4) is 0 Å². The van der Waals surface area contributed by atoms with Crippen LogP contribution in [0.2, 0.25) is 0 Å². The van der Waals surface area contributed by atoms with Crippen molar-refractivity contribution in [1.82, 2.24) is 20.5 Å². The van der Waals surface area contributed by atoms with Gasteiger partial charge in [0.05, 0.1) is 6.04 Å². The fourth-order valence-corrected chi connectivity index (χ4v) is 1.47. The smallest absolute Gasteiger partial charge is 0.307 e. The minimum atomic E-state index is -4.46. The van der Waals surface area contributed by atoms with Gasteiger partial charge in [-0.1, -0.05) is 0 Å². The number of H-pyrrole nitrogens is 1. The van der Waals surface area contributed by atoms with E-state index in [4.69, 9.17) is 0 Å². The Bertz CT molecular complexity index is 313. The van der Waals surface area contributed by atoms with Crippen LogP contribution in [0.5, 0.6) is 0 Å². The minimum absolute atomic E-state index is 0.112. The molecule has 14 heavy (non-hydrogen) atoms. The second-order valence-corrected chi connectivity index (χ2v) is 3.19. The van der Waals surface area contributed by atoms with E-state index < -0.39 is 12.0 Å². The van der Waals surface area contributed by atoms with Gasteiger partial charge < -0.3 is 5.32 Å². The van der Waals surface area contributed by atoms with E-state index in [2.05, 4.69) is 20.5 Å². The van der Waals surface area contributed by atoms with Crippen LogP contribution in [-0.4, -0.2) is 21.7 Å². The molecule has 0 amide bonds. The van der Waals surface area contributed by atoms with Crippen molar-refractivity contribution < 1.29 is 13.2 Å². The van der Waals surface area contributed by atoms with Crippen LogP contribution in [0.15, 0.2) is 0 Å². The summed E-state index contributed by atoms with van der Waals surface area (Å²) >= 11 is 0. The molecule has 1 aliphatic rings. The lowest BCUT2D eigenvalue weighted by Crippen LogP contribution is -2.14. The van der Waals surface area contributed by atoms with E-state index in [9.17, 15) is 13.2 Å². The topological polar surface area (TPSA) is 53.6 Å². The number of alkyl halides is 3. The Balaban J connectivity index is 2.17. The molecule has 0 bridgehead atoms. The van der Waals surface area contributed by atoms with E-state index in [1.165, 1.54) is 0 Å². The number of hydrogen-bond acceptors (Lipinski definition) is 3. The zero-order valence-corrected chi connectivity index (χ0v) is 7.23. The molecule has 1 aromatic rings. The highest BCUT2D eigenvalue weighted by molar-refractivity contribution is 5.00. The molecule has 2 heterocycles. The largest absolute Gasteiger partial charge is 0.453 e. The maximum Gasteiger partial charge on any atom is 0.453 e. The zero-order valence-electron chi connectivity index (χ0n) is 7.23. The molecule has 2 rings (SSSR count). The zero-order chi connectivity index (χ0) is 10.2. The molecule has 1 unspecified atom stereocenters. The molecule has 0 aliphatic carbocycles. The standard InChI is InChI=1S/C7H9F3N4/c8-7(9,10)6-12-5(13-14-6)4-2-1-3-11-4/h4,11H,1-3H2,(H,12,13,14). The summed E-state index contributed by atoms with van der Waals surface area (Å²) in [4.78, 5) is 3.41. The van der Waals surface area contributed by atoms with Crippen molar-refractivity contribution in [1.29, 1.82) is 0 Å². The normalized spacial score (nSPS) is 22.9. The van der Waals surface area contributed by atoms with Crippen LogP contribution in [0.4, 0.5) is 13.2 Å². The Morgan fingerprint density at radius 3 is 2.64 bits per heavy atom. The highest BCUT2D eigenvalue weighted by Gasteiger charge is 2.36. The van der Waals surface area contributed by atoms with E-state index in [1.54, 1.807) is 0 Å². The summed E-state index contributed by atoms with van der Waals surface area (Å²) in [6.07, 6.45) is -2.72. The molecule has 78 valence electrons. The molecule has 0 spiro atoms. The van der Waals surface area contributed by atoms with Crippen LogP contribution in [-0.2, 0) is 6.18 Å². The van der Waals surface area contributed by atoms with Gasteiger partial charge in [-0.25, -0.2) is 4.98 Å². The Hall–Kier alpha value is -1.11. The molecule has 1 atom stereocenters. The van der Waals surface area contributed by atoms with Crippen LogP contribution >= 0.6 is 0 Å². The summed E-state index contributed by atoms with van der Waals surface area (Å²) in [7, 11) is 0. The summed E-state index contributed by atoms with van der Waals surface area (Å²) < 4.78 is 36.4. The van der Waals surface area contributed by atoms with Crippen molar-refractivity contribution in [2.75, 3.05) is 6.54 Å². The second-order valence-electron chi connectivity index (χ2n) is 3.19. The van der Waals surface area contributed by atoms with Gasteiger partial charge in [0.15, 0.2) is 0 Å². The molecule has 1 saturated heterocycles. The summed E-state index contributed by atoms with van der Waals surface area (Å²) in [5, 5.41) is 8.48. The van der Waals surface area contributed by atoms with E-state index >= 15 is 0 Å². The Kier molecular flexibility index (Phi) is 2.18. The molecular formula is C7H9F3N4. The monoisotopic (exact) mass is 206 g/mol. The van der Waals surface area contributed by atoms with Gasteiger partial charge in [0, 0.05) is 0 Å². The van der Waals surface area contributed by atoms with Crippen LogP contribution in [0, 0.1) is 0 Å². The average Bonchev–Trinajstić information content (AvgIpc) is 2.73. The van der Waals surface area contributed by atoms with Crippen molar-refractivity contribution in [3.63, 3.8) is 0 Å². The van der Waals surface area contributed by atoms with Crippen LogP contribution < -0.4 is 5.32 Å². The molecule has 1 aliphatic heterocycles. The third-order valence-electron chi connectivity index (χ3n) is 2.15. The summed E-state index contributed by atoms with van der Waals surface area (Å²) in [6.45, 7) is 0.812. The number of aromatic amines is 1. The number of rotatable bonds is 1. The average molecular weight is 206 g/mol. The SMILES string of the molecule is FC(F)(F)c1n[nH]c(C2CCCN2)n1. The number of nitrogens with one attached hydrogen (secondary N) is 2. The van der Waals surface area contributed by atoms with Crippen molar-refractivity contribution in [2.45, 2.75) is 25.1 Å². The Labute approximate surface area is 77.9 Å². The van der Waals surface area contributed by atoms with Crippen molar-refractivity contribution in [3.8, 4) is 0 Å². The van der Waals surface area contributed by atoms with Gasteiger partial charge >= 0.3 is 6.18 Å². The first-order valence-electron chi connectivity index (χ1n) is 4.30. The van der Waals surface area contributed by atoms with E-state index in [0.717, 1.165) is 19.4 Å². The predicted octanol–water partition coefficient (Wildman–Crippen LogP) is 1.25. The molecule has 2 N–H and O–H groups in total. The van der Waals surface area contributed by atoms with Crippen molar-refractivity contribution in [3.05, 3.63) is 11.6 Å². The first kappa shape index (κ1) is 9.45. The maximum absolute atomic E-state index is 12.1. The van der Waals surface area contributed by atoms with Gasteiger partial charge in [0.1, 0.15) is 5.82 Å². The lowest BCUT2D eigenvalue weighted by atomic mass is 10.2. The van der Waals surface area contributed by atoms with Gasteiger partial charge in [-0.05, 0) is 19.4 Å². The van der Waals surface area contributed by atoms with Gasteiger partial charge in [-0.2, -0.15) is 13.2 Å². The van der Waals surface area contributed by atoms with Gasteiger partial charge in [0.25, 0.3) is 5.82 Å².